The van der Waals surface area contributed by atoms with Crippen LogP contribution < -0.4 is 5.73 Å². The Labute approximate surface area is 107 Å². The van der Waals surface area contributed by atoms with Crippen molar-refractivity contribution in [2.75, 3.05) is 32.7 Å². The molecule has 1 aliphatic rings. The minimum atomic E-state index is -2.44. The molecular weight excluding hydrogens is 240 g/mol. The number of nitrogens with zero attached hydrogens (tertiary/aromatic N) is 2. The van der Waals surface area contributed by atoms with Gasteiger partial charge in [-0.3, -0.25) is 9.69 Å². The van der Waals surface area contributed by atoms with Crippen LogP contribution in [0.3, 0.4) is 0 Å². The molecule has 0 bridgehead atoms. The summed E-state index contributed by atoms with van der Waals surface area (Å²) in [4.78, 5) is 15.4. The van der Waals surface area contributed by atoms with Gasteiger partial charge in [-0.05, 0) is 26.2 Å². The van der Waals surface area contributed by atoms with Crippen molar-refractivity contribution in [3.63, 3.8) is 0 Å². The largest absolute Gasteiger partial charge is 0.341 e. The lowest BCUT2D eigenvalue weighted by Crippen LogP contribution is -2.51. The summed E-state index contributed by atoms with van der Waals surface area (Å²) in [5.74, 6) is -0.0520. The normalized spacial score (nSPS) is 18.4. The van der Waals surface area contributed by atoms with Crippen molar-refractivity contribution in [3.8, 4) is 0 Å². The predicted molar refractivity (Wildman–Crippen MR) is 66.5 cm³/mol. The molecule has 0 saturated carbocycles. The minimum Gasteiger partial charge on any atom is -0.341 e. The van der Waals surface area contributed by atoms with E-state index in [0.717, 1.165) is 32.4 Å². The van der Waals surface area contributed by atoms with Gasteiger partial charge in [0, 0.05) is 26.2 Å². The Hall–Kier alpha value is -0.750. The number of carbonyl (C=O) groups excluding carboxylic acids is 1. The molecule has 2 N–H and O–H groups in total. The summed E-state index contributed by atoms with van der Waals surface area (Å²) in [5, 5.41) is 0. The van der Waals surface area contributed by atoms with Gasteiger partial charge in [0.1, 0.15) is 0 Å². The number of hydrogen-bond acceptors (Lipinski definition) is 3. The number of nitrogens with two attached hydrogens (primary N) is 1. The Bertz CT molecular complexity index is 258. The van der Waals surface area contributed by atoms with Crippen LogP contribution in [0.15, 0.2) is 0 Å². The molecule has 4 nitrogen and oxygen atoms in total. The number of amides is 1. The fourth-order valence-corrected chi connectivity index (χ4v) is 2.32. The number of hydrogen-bond donors (Lipinski definition) is 1. The second-order valence-corrected chi connectivity index (χ2v) is 4.74. The van der Waals surface area contributed by atoms with Gasteiger partial charge in [0.2, 0.25) is 5.91 Å². The number of alkyl halides is 2. The van der Waals surface area contributed by atoms with Crippen molar-refractivity contribution in [1.82, 2.24) is 9.80 Å². The monoisotopic (exact) mass is 263 g/mol. The van der Waals surface area contributed by atoms with Gasteiger partial charge in [-0.1, -0.05) is 0 Å². The second-order valence-electron chi connectivity index (χ2n) is 4.74. The van der Waals surface area contributed by atoms with Crippen LogP contribution in [0.5, 0.6) is 0 Å². The van der Waals surface area contributed by atoms with E-state index in [9.17, 15) is 13.6 Å². The molecule has 1 heterocycles. The van der Waals surface area contributed by atoms with Crippen molar-refractivity contribution in [2.45, 2.75) is 38.7 Å². The van der Waals surface area contributed by atoms with E-state index in [1.54, 1.807) is 11.8 Å². The Morgan fingerprint density at radius 3 is 2.44 bits per heavy atom. The smallest absolute Gasteiger partial charge is 0.251 e. The Kier molecular flexibility index (Phi) is 6.49. The molecule has 1 aliphatic heterocycles. The van der Waals surface area contributed by atoms with Gasteiger partial charge >= 0.3 is 0 Å². The van der Waals surface area contributed by atoms with E-state index in [1.807, 2.05) is 0 Å². The van der Waals surface area contributed by atoms with Crippen LogP contribution in [0.4, 0.5) is 8.78 Å². The molecule has 1 atom stereocenters. The summed E-state index contributed by atoms with van der Waals surface area (Å²) in [7, 11) is 0. The molecule has 1 fully saturated rings. The average molecular weight is 263 g/mol. The summed E-state index contributed by atoms with van der Waals surface area (Å²) in [5.41, 5.74) is 5.41. The first-order valence-corrected chi connectivity index (χ1v) is 6.57. The van der Waals surface area contributed by atoms with Crippen LogP contribution in [-0.2, 0) is 4.79 Å². The van der Waals surface area contributed by atoms with E-state index in [0.29, 0.717) is 6.54 Å². The van der Waals surface area contributed by atoms with Crippen molar-refractivity contribution >= 4 is 5.91 Å². The zero-order valence-corrected chi connectivity index (χ0v) is 10.9. The fraction of sp³-hybridized carbons (Fsp3) is 0.917. The SMILES string of the molecule is CC(C(=O)N1CCCCC1)N(CCN)CC(F)F. The van der Waals surface area contributed by atoms with Crippen LogP contribution in [0.25, 0.3) is 0 Å². The van der Waals surface area contributed by atoms with Crippen LogP contribution in [0, 0.1) is 0 Å². The summed E-state index contributed by atoms with van der Waals surface area (Å²) in [6, 6.07) is -0.513. The second kappa shape index (κ2) is 7.63. The van der Waals surface area contributed by atoms with Gasteiger partial charge in [0.15, 0.2) is 0 Å². The Morgan fingerprint density at radius 2 is 1.94 bits per heavy atom. The van der Waals surface area contributed by atoms with Gasteiger partial charge in [-0.25, -0.2) is 8.78 Å². The topological polar surface area (TPSA) is 49.6 Å². The molecule has 6 heteroatoms. The molecule has 0 spiro atoms. The average Bonchev–Trinajstić information content (AvgIpc) is 2.37. The molecule has 1 unspecified atom stereocenters. The Morgan fingerprint density at radius 1 is 1.33 bits per heavy atom. The van der Waals surface area contributed by atoms with Gasteiger partial charge < -0.3 is 10.6 Å². The number of halogens is 2. The van der Waals surface area contributed by atoms with Crippen LogP contribution in [-0.4, -0.2) is 60.9 Å². The molecule has 18 heavy (non-hydrogen) atoms. The van der Waals surface area contributed by atoms with E-state index < -0.39 is 19.0 Å². The first-order valence-electron chi connectivity index (χ1n) is 6.57. The lowest BCUT2D eigenvalue weighted by atomic mass is 10.1. The van der Waals surface area contributed by atoms with Gasteiger partial charge in [-0.2, -0.15) is 0 Å². The lowest BCUT2D eigenvalue weighted by Gasteiger charge is -2.34. The maximum atomic E-state index is 12.5. The number of likely N-dealkylation sites (tertiary alicyclic amines) is 1. The predicted octanol–water partition coefficient (Wildman–Crippen LogP) is 0.913. The Balaban J connectivity index is 2.56. The molecule has 0 aromatic rings. The summed E-state index contributed by atoms with van der Waals surface area (Å²) in [6.45, 7) is 3.39. The third kappa shape index (κ3) is 4.49. The molecule has 1 rings (SSSR count). The highest BCUT2D eigenvalue weighted by atomic mass is 19.3. The maximum Gasteiger partial charge on any atom is 0.251 e. The van der Waals surface area contributed by atoms with Gasteiger partial charge in [-0.15, -0.1) is 0 Å². The number of rotatable bonds is 6. The van der Waals surface area contributed by atoms with E-state index in [4.69, 9.17) is 5.73 Å². The first kappa shape index (κ1) is 15.3. The van der Waals surface area contributed by atoms with Crippen LogP contribution >= 0.6 is 0 Å². The fourth-order valence-electron chi connectivity index (χ4n) is 2.32. The zero-order valence-electron chi connectivity index (χ0n) is 10.9. The lowest BCUT2D eigenvalue weighted by molar-refractivity contribution is -0.137. The molecule has 1 saturated heterocycles. The zero-order chi connectivity index (χ0) is 13.5. The van der Waals surface area contributed by atoms with Gasteiger partial charge in [0.25, 0.3) is 6.43 Å². The van der Waals surface area contributed by atoms with Gasteiger partial charge in [0.05, 0.1) is 12.6 Å². The van der Waals surface area contributed by atoms with E-state index >= 15 is 0 Å². The van der Waals surface area contributed by atoms with Crippen molar-refractivity contribution in [3.05, 3.63) is 0 Å². The molecule has 106 valence electrons. The molecule has 1 amide bonds. The quantitative estimate of drug-likeness (QED) is 0.775. The first-order chi connectivity index (χ1) is 8.56. The number of carbonyl (C=O) groups is 1. The molecule has 0 aromatic heterocycles. The highest BCUT2D eigenvalue weighted by Crippen LogP contribution is 2.13. The third-order valence-corrected chi connectivity index (χ3v) is 3.36. The standard InChI is InChI=1S/C12H23F2N3O/c1-10(17(8-5-15)9-11(13)14)12(18)16-6-3-2-4-7-16/h10-11H,2-9,15H2,1H3. The van der Waals surface area contributed by atoms with E-state index in [-0.39, 0.29) is 12.5 Å². The van der Waals surface area contributed by atoms with E-state index in [1.165, 1.54) is 4.90 Å². The minimum absolute atomic E-state index is 0.0520. The molecule has 0 aliphatic carbocycles. The summed E-state index contributed by atoms with van der Waals surface area (Å²) < 4.78 is 24.9. The third-order valence-electron chi connectivity index (χ3n) is 3.36. The van der Waals surface area contributed by atoms with E-state index in [2.05, 4.69) is 0 Å². The molecular formula is C12H23F2N3O. The van der Waals surface area contributed by atoms with Crippen LogP contribution in [0.2, 0.25) is 0 Å². The van der Waals surface area contributed by atoms with Crippen LogP contribution in [0.1, 0.15) is 26.2 Å². The highest BCUT2D eigenvalue weighted by molar-refractivity contribution is 5.81. The maximum absolute atomic E-state index is 12.5. The molecule has 0 radical (unpaired) electrons. The summed E-state index contributed by atoms with van der Waals surface area (Å²) in [6.07, 6.45) is 0.712. The van der Waals surface area contributed by atoms with Crippen molar-refractivity contribution in [2.24, 2.45) is 5.73 Å². The number of piperidine rings is 1. The van der Waals surface area contributed by atoms with Crippen molar-refractivity contribution in [1.29, 1.82) is 0 Å². The summed E-state index contributed by atoms with van der Waals surface area (Å²) >= 11 is 0. The van der Waals surface area contributed by atoms with Crippen molar-refractivity contribution < 1.29 is 13.6 Å². The molecule has 0 aromatic carbocycles. The highest BCUT2D eigenvalue weighted by Gasteiger charge is 2.27.